The molecule has 0 atom stereocenters. The van der Waals surface area contributed by atoms with Crippen molar-refractivity contribution in [1.82, 2.24) is 4.90 Å². The average molecular weight is 318 g/mol. The largest absolute Gasteiger partial charge is 0.497 e. The minimum absolute atomic E-state index is 0.0626. The quantitative estimate of drug-likeness (QED) is 0.945. The minimum Gasteiger partial charge on any atom is -0.497 e. The number of thioether (sulfide) groups is 1. The molecular formula is C15H14N2O2S2. The molecule has 0 unspecified atom stereocenters. The van der Waals surface area contributed by atoms with Crippen molar-refractivity contribution >= 4 is 44.0 Å². The van der Waals surface area contributed by atoms with Gasteiger partial charge in [0.15, 0.2) is 5.17 Å². The minimum atomic E-state index is 0.0626. The number of hydrogen-bond donors (Lipinski definition) is 1. The molecule has 0 saturated heterocycles. The van der Waals surface area contributed by atoms with Crippen LogP contribution < -0.4 is 4.74 Å². The van der Waals surface area contributed by atoms with Crippen molar-refractivity contribution in [2.45, 2.75) is 0 Å². The Bertz CT molecular complexity index is 779. The molecule has 0 amide bonds. The van der Waals surface area contributed by atoms with Gasteiger partial charge in [0.1, 0.15) is 5.75 Å². The van der Waals surface area contributed by atoms with Gasteiger partial charge in [-0.3, -0.25) is 4.99 Å². The fourth-order valence-electron chi connectivity index (χ4n) is 2.67. The van der Waals surface area contributed by atoms with Crippen LogP contribution in [0.5, 0.6) is 5.75 Å². The third kappa shape index (κ3) is 2.06. The number of hydrogen-bond acceptors (Lipinski definition) is 6. The number of methoxy groups -OCH3 is 1. The molecule has 4 rings (SSSR count). The van der Waals surface area contributed by atoms with Crippen LogP contribution in [-0.4, -0.2) is 42.0 Å². The van der Waals surface area contributed by atoms with Crippen molar-refractivity contribution < 1.29 is 9.84 Å². The van der Waals surface area contributed by atoms with Crippen molar-refractivity contribution in [3.63, 3.8) is 0 Å². The highest BCUT2D eigenvalue weighted by molar-refractivity contribution is 8.17. The van der Waals surface area contributed by atoms with Crippen molar-refractivity contribution in [2.24, 2.45) is 4.99 Å². The zero-order valence-electron chi connectivity index (χ0n) is 11.5. The van der Waals surface area contributed by atoms with Crippen LogP contribution in [0, 0.1) is 0 Å². The SMILES string of the molecule is COc1ccc2sc(C3=C(CO)SC4=NCCN43)cc2c1. The molecule has 3 heterocycles. The second-order valence-corrected chi connectivity index (χ2v) is 7.01. The first kappa shape index (κ1) is 13.2. The Kier molecular flexibility index (Phi) is 3.17. The average Bonchev–Trinajstić information content (AvgIpc) is 3.18. The summed E-state index contributed by atoms with van der Waals surface area (Å²) in [4.78, 5) is 8.89. The van der Waals surface area contributed by atoms with Crippen LogP contribution in [0.1, 0.15) is 4.88 Å². The van der Waals surface area contributed by atoms with Crippen LogP contribution in [0.2, 0.25) is 0 Å². The number of benzene rings is 1. The van der Waals surface area contributed by atoms with Crippen LogP contribution in [0.4, 0.5) is 0 Å². The fraction of sp³-hybridized carbons (Fsp3) is 0.267. The van der Waals surface area contributed by atoms with E-state index in [0.29, 0.717) is 0 Å². The van der Waals surface area contributed by atoms with Gasteiger partial charge in [0.05, 0.1) is 30.8 Å². The normalized spacial score (nSPS) is 17.6. The van der Waals surface area contributed by atoms with Gasteiger partial charge in [-0.05, 0) is 29.7 Å². The summed E-state index contributed by atoms with van der Waals surface area (Å²) in [6, 6.07) is 8.30. The number of nitrogens with zero attached hydrogens (tertiary/aromatic N) is 2. The summed E-state index contributed by atoms with van der Waals surface area (Å²) in [7, 11) is 1.68. The standard InChI is InChI=1S/C15H14N2O2S2/c1-19-10-2-3-11-9(6-10)7-12(20-11)14-13(8-18)21-15-16-4-5-17(14)15/h2-3,6-7,18H,4-5,8H2,1H3. The molecule has 0 radical (unpaired) electrons. The van der Waals surface area contributed by atoms with Crippen molar-refractivity contribution in [1.29, 1.82) is 0 Å². The van der Waals surface area contributed by atoms with Crippen LogP contribution in [0.25, 0.3) is 15.8 Å². The Morgan fingerprint density at radius 3 is 3.10 bits per heavy atom. The van der Waals surface area contributed by atoms with E-state index >= 15 is 0 Å². The molecule has 0 fully saturated rings. The van der Waals surface area contributed by atoms with Crippen LogP contribution in [0.3, 0.4) is 0 Å². The lowest BCUT2D eigenvalue weighted by Crippen LogP contribution is -2.19. The summed E-state index contributed by atoms with van der Waals surface area (Å²) in [6.07, 6.45) is 0. The summed E-state index contributed by atoms with van der Waals surface area (Å²) in [5.41, 5.74) is 1.12. The predicted octanol–water partition coefficient (Wildman–Crippen LogP) is 2.99. The van der Waals surface area contributed by atoms with Gasteiger partial charge in [0.25, 0.3) is 0 Å². The Morgan fingerprint density at radius 1 is 1.38 bits per heavy atom. The Hall–Kier alpha value is -1.50. The number of aliphatic hydroxyl groups excluding tert-OH is 1. The van der Waals surface area contributed by atoms with Crippen molar-refractivity contribution in [2.75, 3.05) is 26.8 Å². The molecule has 1 N–H and O–H groups in total. The first-order valence-electron chi connectivity index (χ1n) is 6.72. The molecule has 2 aromatic rings. The molecule has 4 nitrogen and oxygen atoms in total. The molecule has 0 saturated carbocycles. The smallest absolute Gasteiger partial charge is 0.168 e. The lowest BCUT2D eigenvalue weighted by atomic mass is 10.2. The Balaban J connectivity index is 1.83. The predicted molar refractivity (Wildman–Crippen MR) is 89.0 cm³/mol. The summed E-state index contributed by atoms with van der Waals surface area (Å²) in [5.74, 6) is 0.868. The van der Waals surface area contributed by atoms with Crippen molar-refractivity contribution in [3.05, 3.63) is 34.0 Å². The summed E-state index contributed by atoms with van der Waals surface area (Å²) in [6.45, 7) is 1.80. The maximum Gasteiger partial charge on any atom is 0.168 e. The van der Waals surface area contributed by atoms with E-state index in [4.69, 9.17) is 4.74 Å². The zero-order valence-corrected chi connectivity index (χ0v) is 13.1. The topological polar surface area (TPSA) is 45.1 Å². The van der Waals surface area contributed by atoms with E-state index in [1.807, 2.05) is 6.07 Å². The van der Waals surface area contributed by atoms with E-state index in [0.717, 1.165) is 34.6 Å². The maximum absolute atomic E-state index is 9.63. The van der Waals surface area contributed by atoms with Gasteiger partial charge in [0, 0.05) is 16.1 Å². The van der Waals surface area contributed by atoms with Gasteiger partial charge < -0.3 is 14.7 Å². The first-order chi connectivity index (χ1) is 10.3. The molecule has 0 aliphatic carbocycles. The van der Waals surface area contributed by atoms with E-state index in [-0.39, 0.29) is 6.61 Å². The van der Waals surface area contributed by atoms with E-state index in [1.165, 1.54) is 15.0 Å². The zero-order chi connectivity index (χ0) is 14.4. The van der Waals surface area contributed by atoms with Gasteiger partial charge in [-0.2, -0.15) is 0 Å². The number of ether oxygens (including phenoxy) is 1. The third-order valence-electron chi connectivity index (χ3n) is 3.65. The molecule has 0 bridgehead atoms. The summed E-state index contributed by atoms with van der Waals surface area (Å²) in [5, 5.41) is 11.8. The van der Waals surface area contributed by atoms with Gasteiger partial charge in [-0.15, -0.1) is 11.3 Å². The number of amidine groups is 1. The second kappa shape index (κ2) is 5.05. The molecule has 0 spiro atoms. The highest BCUT2D eigenvalue weighted by Gasteiger charge is 2.33. The van der Waals surface area contributed by atoms with Gasteiger partial charge in [0.2, 0.25) is 0 Å². The molecule has 1 aromatic carbocycles. The number of aliphatic hydroxyl groups is 1. The molecule has 6 heteroatoms. The molecule has 108 valence electrons. The van der Waals surface area contributed by atoms with Crippen molar-refractivity contribution in [3.8, 4) is 5.75 Å². The summed E-state index contributed by atoms with van der Waals surface area (Å²) < 4.78 is 6.51. The molecule has 21 heavy (non-hydrogen) atoms. The molecule has 2 aliphatic rings. The number of rotatable bonds is 3. The van der Waals surface area contributed by atoms with Gasteiger partial charge in [-0.25, -0.2) is 0 Å². The van der Waals surface area contributed by atoms with E-state index in [9.17, 15) is 5.11 Å². The monoisotopic (exact) mass is 318 g/mol. The van der Waals surface area contributed by atoms with Crippen LogP contribution >= 0.6 is 23.1 Å². The Labute approximate surface area is 130 Å². The first-order valence-corrected chi connectivity index (χ1v) is 8.35. The summed E-state index contributed by atoms with van der Waals surface area (Å²) >= 11 is 3.34. The number of thiophene rings is 1. The fourth-order valence-corrected chi connectivity index (χ4v) is 4.91. The van der Waals surface area contributed by atoms with Gasteiger partial charge in [-0.1, -0.05) is 11.8 Å². The lowest BCUT2D eigenvalue weighted by molar-refractivity contribution is 0.339. The highest BCUT2D eigenvalue weighted by Crippen LogP contribution is 2.44. The lowest BCUT2D eigenvalue weighted by Gasteiger charge is -2.15. The molecule has 1 aromatic heterocycles. The van der Waals surface area contributed by atoms with Crippen LogP contribution in [-0.2, 0) is 0 Å². The van der Waals surface area contributed by atoms with Crippen LogP contribution in [0.15, 0.2) is 34.2 Å². The second-order valence-electron chi connectivity index (χ2n) is 4.86. The van der Waals surface area contributed by atoms with E-state index in [2.05, 4.69) is 28.1 Å². The van der Waals surface area contributed by atoms with E-state index < -0.39 is 0 Å². The third-order valence-corrected chi connectivity index (χ3v) is 5.87. The van der Waals surface area contributed by atoms with E-state index in [1.54, 1.807) is 30.2 Å². The Morgan fingerprint density at radius 2 is 2.29 bits per heavy atom. The number of aliphatic imine (C=N–C) groups is 1. The van der Waals surface area contributed by atoms with Gasteiger partial charge >= 0.3 is 0 Å². The maximum atomic E-state index is 9.63. The molecular weight excluding hydrogens is 304 g/mol. The number of fused-ring (bicyclic) bond motifs is 2. The highest BCUT2D eigenvalue weighted by atomic mass is 32.2. The molecule has 2 aliphatic heterocycles.